The number of carbonyl (C=O) groups excluding carboxylic acids is 1. The third kappa shape index (κ3) is 1.97. The summed E-state index contributed by atoms with van der Waals surface area (Å²) in [4.78, 5) is 11.9. The molecule has 0 amide bonds. The van der Waals surface area contributed by atoms with Crippen molar-refractivity contribution in [3.8, 4) is 5.75 Å². The van der Waals surface area contributed by atoms with Crippen LogP contribution >= 0.6 is 0 Å². The summed E-state index contributed by atoms with van der Waals surface area (Å²) in [6.45, 7) is 3.86. The van der Waals surface area contributed by atoms with Crippen LogP contribution in [0.2, 0.25) is 0 Å². The molecule has 0 saturated heterocycles. The van der Waals surface area contributed by atoms with Gasteiger partial charge in [0, 0.05) is 5.56 Å². The Bertz CT molecular complexity index is 467. The van der Waals surface area contributed by atoms with Gasteiger partial charge < -0.3 is 14.6 Å². The van der Waals surface area contributed by atoms with E-state index >= 15 is 0 Å². The van der Waals surface area contributed by atoms with Crippen molar-refractivity contribution in [1.82, 2.24) is 0 Å². The van der Waals surface area contributed by atoms with Crippen molar-refractivity contribution in [2.24, 2.45) is 0 Å². The number of ether oxygens (including phenoxy) is 2. The van der Waals surface area contributed by atoms with Gasteiger partial charge in [-0.2, -0.15) is 0 Å². The van der Waals surface area contributed by atoms with E-state index in [1.165, 1.54) is 7.11 Å². The summed E-state index contributed by atoms with van der Waals surface area (Å²) in [5.74, 6) is 0.134. The first kappa shape index (κ1) is 12.9. The lowest BCUT2D eigenvalue weighted by atomic mass is 9.96. The summed E-state index contributed by atoms with van der Waals surface area (Å²) in [5.41, 5.74) is 2.07. The number of methoxy groups -OCH3 is 1. The van der Waals surface area contributed by atoms with E-state index in [-0.39, 0.29) is 0 Å². The highest BCUT2D eigenvalue weighted by Gasteiger charge is 2.38. The third-order valence-electron chi connectivity index (χ3n) is 3.27. The molecule has 0 fully saturated rings. The monoisotopic (exact) mass is 250 g/mol. The Kier molecular flexibility index (Phi) is 3.57. The van der Waals surface area contributed by atoms with Crippen molar-refractivity contribution in [1.29, 1.82) is 0 Å². The zero-order chi connectivity index (χ0) is 13.3. The van der Waals surface area contributed by atoms with Crippen molar-refractivity contribution in [2.75, 3.05) is 7.11 Å². The maximum Gasteiger partial charge on any atom is 0.343 e. The van der Waals surface area contributed by atoms with Gasteiger partial charge in [0.2, 0.25) is 0 Å². The average Bonchev–Trinajstić information content (AvgIpc) is 2.68. The number of aryl methyl sites for hydroxylation is 1. The Morgan fingerprint density at radius 3 is 2.83 bits per heavy atom. The van der Waals surface area contributed by atoms with Gasteiger partial charge in [-0.1, -0.05) is 25.5 Å². The molecule has 4 nitrogen and oxygen atoms in total. The number of hydrogen-bond acceptors (Lipinski definition) is 4. The molecule has 0 aliphatic carbocycles. The summed E-state index contributed by atoms with van der Waals surface area (Å²) in [7, 11) is 1.53. The summed E-state index contributed by atoms with van der Waals surface area (Å²) in [6.07, 6.45) is 0.218. The Morgan fingerprint density at radius 1 is 1.50 bits per heavy atom. The van der Waals surface area contributed by atoms with E-state index in [1.807, 2.05) is 26.0 Å². The number of aliphatic hydroxyl groups is 1. The molecular weight excluding hydrogens is 232 g/mol. The van der Waals surface area contributed by atoms with E-state index < -0.39 is 18.2 Å². The molecule has 4 heteroatoms. The minimum Gasteiger partial charge on any atom is -0.496 e. The van der Waals surface area contributed by atoms with Crippen LogP contribution in [0, 0.1) is 6.92 Å². The number of hydrogen-bond donors (Lipinski definition) is 1. The van der Waals surface area contributed by atoms with Gasteiger partial charge in [0.05, 0.1) is 13.2 Å². The molecule has 2 rings (SSSR count). The maximum atomic E-state index is 11.9. The van der Waals surface area contributed by atoms with E-state index in [4.69, 9.17) is 9.47 Å². The molecule has 1 aromatic rings. The minimum atomic E-state index is -0.660. The van der Waals surface area contributed by atoms with Crippen LogP contribution in [0.3, 0.4) is 0 Å². The van der Waals surface area contributed by atoms with E-state index in [0.29, 0.717) is 17.7 Å². The molecule has 0 unspecified atom stereocenters. The van der Waals surface area contributed by atoms with Crippen LogP contribution in [0.5, 0.6) is 5.75 Å². The van der Waals surface area contributed by atoms with Crippen LogP contribution < -0.4 is 4.74 Å². The lowest BCUT2D eigenvalue weighted by Gasteiger charge is -2.17. The lowest BCUT2D eigenvalue weighted by molar-refractivity contribution is -0.0122. The van der Waals surface area contributed by atoms with Crippen LogP contribution in [0.25, 0.3) is 0 Å². The fourth-order valence-corrected chi connectivity index (χ4v) is 2.38. The Hall–Kier alpha value is -1.55. The van der Waals surface area contributed by atoms with Gasteiger partial charge >= 0.3 is 5.97 Å². The molecule has 0 spiro atoms. The van der Waals surface area contributed by atoms with E-state index in [0.717, 1.165) is 17.5 Å². The van der Waals surface area contributed by atoms with Crippen molar-refractivity contribution in [3.63, 3.8) is 0 Å². The minimum absolute atomic E-state index is 0.411. The average molecular weight is 250 g/mol. The van der Waals surface area contributed by atoms with Crippen molar-refractivity contribution in [3.05, 3.63) is 28.8 Å². The zero-order valence-corrected chi connectivity index (χ0v) is 10.9. The van der Waals surface area contributed by atoms with Crippen LogP contribution in [0.4, 0.5) is 0 Å². The molecule has 98 valence electrons. The summed E-state index contributed by atoms with van der Waals surface area (Å²) >= 11 is 0. The molecule has 1 heterocycles. The van der Waals surface area contributed by atoms with Gasteiger partial charge in [0.1, 0.15) is 11.3 Å². The standard InChI is InChI=1S/C14H18O4/c1-4-5-10(15)13-9-7-6-8(2)12(17-3)11(9)14(16)18-13/h6-7,10,13,15H,4-5H2,1-3H3/t10-,13+/m1/s1. The number of aliphatic hydroxyl groups excluding tert-OH is 1. The molecule has 1 aliphatic heterocycles. The van der Waals surface area contributed by atoms with Crippen molar-refractivity contribution < 1.29 is 19.4 Å². The molecule has 1 N–H and O–H groups in total. The highest BCUT2D eigenvalue weighted by Crippen LogP contribution is 2.40. The number of fused-ring (bicyclic) bond motifs is 1. The second-order valence-electron chi connectivity index (χ2n) is 4.56. The largest absolute Gasteiger partial charge is 0.496 e. The summed E-state index contributed by atoms with van der Waals surface area (Å²) in [5, 5.41) is 10.0. The first-order chi connectivity index (χ1) is 8.60. The number of benzene rings is 1. The zero-order valence-electron chi connectivity index (χ0n) is 10.9. The quantitative estimate of drug-likeness (QED) is 0.833. The fourth-order valence-electron chi connectivity index (χ4n) is 2.38. The molecule has 1 aliphatic rings. The fraction of sp³-hybridized carbons (Fsp3) is 0.500. The van der Waals surface area contributed by atoms with Crippen LogP contribution in [0.1, 0.15) is 47.4 Å². The SMILES string of the molecule is CCC[C@@H](O)[C@H]1OC(=O)c2c1ccc(C)c2OC. The molecule has 2 atom stereocenters. The van der Waals surface area contributed by atoms with Gasteiger partial charge in [-0.15, -0.1) is 0 Å². The Balaban J connectivity index is 2.44. The van der Waals surface area contributed by atoms with E-state index in [1.54, 1.807) is 0 Å². The van der Waals surface area contributed by atoms with E-state index in [2.05, 4.69) is 0 Å². The van der Waals surface area contributed by atoms with Crippen LogP contribution in [-0.4, -0.2) is 24.3 Å². The maximum absolute atomic E-state index is 11.9. The number of rotatable bonds is 4. The van der Waals surface area contributed by atoms with Crippen LogP contribution in [0.15, 0.2) is 12.1 Å². The van der Waals surface area contributed by atoms with E-state index in [9.17, 15) is 9.90 Å². The number of cyclic esters (lactones) is 1. The summed E-state index contributed by atoms with van der Waals surface area (Å²) in [6, 6.07) is 3.72. The molecule has 0 aromatic heterocycles. The second-order valence-corrected chi connectivity index (χ2v) is 4.56. The molecule has 0 bridgehead atoms. The topological polar surface area (TPSA) is 55.8 Å². The lowest BCUT2D eigenvalue weighted by Crippen LogP contribution is -2.18. The van der Waals surface area contributed by atoms with Crippen LogP contribution in [-0.2, 0) is 4.74 Å². The van der Waals surface area contributed by atoms with Gasteiger partial charge in [-0.05, 0) is 18.9 Å². The Labute approximate surface area is 107 Å². The van der Waals surface area contributed by atoms with Crippen molar-refractivity contribution in [2.45, 2.75) is 38.9 Å². The summed E-state index contributed by atoms with van der Waals surface area (Å²) < 4.78 is 10.5. The van der Waals surface area contributed by atoms with Gasteiger partial charge in [-0.25, -0.2) is 4.79 Å². The molecule has 0 saturated carbocycles. The molecular formula is C14H18O4. The van der Waals surface area contributed by atoms with Gasteiger partial charge in [0.25, 0.3) is 0 Å². The molecule has 0 radical (unpaired) electrons. The van der Waals surface area contributed by atoms with Gasteiger partial charge in [0.15, 0.2) is 6.10 Å². The molecule has 1 aromatic carbocycles. The second kappa shape index (κ2) is 4.98. The van der Waals surface area contributed by atoms with Gasteiger partial charge in [-0.3, -0.25) is 0 Å². The normalized spacial score (nSPS) is 19.3. The molecule has 18 heavy (non-hydrogen) atoms. The number of carbonyl (C=O) groups is 1. The highest BCUT2D eigenvalue weighted by molar-refractivity contribution is 5.97. The highest BCUT2D eigenvalue weighted by atomic mass is 16.6. The smallest absolute Gasteiger partial charge is 0.343 e. The predicted molar refractivity (Wildman–Crippen MR) is 66.8 cm³/mol. The number of esters is 1. The van der Waals surface area contributed by atoms with Crippen molar-refractivity contribution >= 4 is 5.97 Å². The Morgan fingerprint density at radius 2 is 2.22 bits per heavy atom. The third-order valence-corrected chi connectivity index (χ3v) is 3.27. The first-order valence-corrected chi connectivity index (χ1v) is 6.16. The predicted octanol–water partition coefficient (Wildman–Crippen LogP) is 2.38. The first-order valence-electron chi connectivity index (χ1n) is 6.16.